The molecule has 2 heteroatoms. The van der Waals surface area contributed by atoms with E-state index in [1.807, 2.05) is 0 Å². The van der Waals surface area contributed by atoms with Gasteiger partial charge in [0.2, 0.25) is 0 Å². The number of nitrogens with zero attached hydrogens (tertiary/aromatic N) is 1. The van der Waals surface area contributed by atoms with Crippen molar-refractivity contribution in [2.45, 2.75) is 32.6 Å². The van der Waals surface area contributed by atoms with Gasteiger partial charge < -0.3 is 10.6 Å². The summed E-state index contributed by atoms with van der Waals surface area (Å²) in [6.07, 6.45) is 5.27. The minimum absolute atomic E-state index is 0.461. The van der Waals surface area contributed by atoms with E-state index in [1.165, 1.54) is 31.4 Å². The second-order valence-corrected chi connectivity index (χ2v) is 5.22. The molecule has 0 unspecified atom stereocenters. The van der Waals surface area contributed by atoms with E-state index < -0.39 is 0 Å². The van der Waals surface area contributed by atoms with E-state index in [0.717, 1.165) is 19.6 Å². The molecule has 0 saturated heterocycles. The first kappa shape index (κ1) is 12.4. The highest BCUT2D eigenvalue weighted by molar-refractivity contribution is 5.45. The number of hydrogen-bond acceptors (Lipinski definition) is 2. The molecule has 17 heavy (non-hydrogen) atoms. The highest BCUT2D eigenvalue weighted by Gasteiger charge is 2.35. The van der Waals surface area contributed by atoms with Gasteiger partial charge in [-0.1, -0.05) is 24.6 Å². The third-order valence-corrected chi connectivity index (χ3v) is 4.26. The van der Waals surface area contributed by atoms with Crippen LogP contribution in [0.2, 0.25) is 0 Å². The zero-order valence-electron chi connectivity index (χ0n) is 10.9. The lowest BCUT2D eigenvalue weighted by molar-refractivity contribution is 0.133. The minimum Gasteiger partial charge on any atom is -0.372 e. The molecule has 1 aromatic carbocycles. The number of rotatable bonds is 6. The fraction of sp³-hybridized carbons (Fsp3) is 0.600. The number of anilines is 1. The second kappa shape index (κ2) is 5.54. The van der Waals surface area contributed by atoms with Crippen molar-refractivity contribution in [2.75, 3.05) is 24.5 Å². The van der Waals surface area contributed by atoms with Crippen LogP contribution in [0.3, 0.4) is 0 Å². The molecule has 0 radical (unpaired) electrons. The molecule has 0 aromatic heterocycles. The predicted octanol–water partition coefficient (Wildman–Crippen LogP) is 3.03. The molecule has 0 atom stereocenters. The Bertz CT molecular complexity index is 325. The van der Waals surface area contributed by atoms with Gasteiger partial charge in [-0.15, -0.1) is 0 Å². The van der Waals surface area contributed by atoms with Gasteiger partial charge in [-0.05, 0) is 50.3 Å². The van der Waals surface area contributed by atoms with E-state index >= 15 is 0 Å². The van der Waals surface area contributed by atoms with E-state index in [2.05, 4.69) is 42.2 Å². The molecular weight excluding hydrogens is 208 g/mol. The van der Waals surface area contributed by atoms with Gasteiger partial charge in [0.15, 0.2) is 0 Å². The maximum Gasteiger partial charge on any atom is 0.0366 e. The largest absolute Gasteiger partial charge is 0.372 e. The van der Waals surface area contributed by atoms with Crippen LogP contribution in [0.4, 0.5) is 5.69 Å². The van der Waals surface area contributed by atoms with Crippen LogP contribution in [0.1, 0.15) is 32.6 Å². The van der Waals surface area contributed by atoms with Crippen LogP contribution in [0.25, 0.3) is 0 Å². The summed E-state index contributed by atoms with van der Waals surface area (Å²) >= 11 is 0. The van der Waals surface area contributed by atoms with E-state index in [-0.39, 0.29) is 0 Å². The molecule has 2 rings (SSSR count). The highest BCUT2D eigenvalue weighted by atomic mass is 15.1. The smallest absolute Gasteiger partial charge is 0.0366 e. The van der Waals surface area contributed by atoms with Crippen molar-refractivity contribution in [3.8, 4) is 0 Å². The average Bonchev–Trinajstić information content (AvgIpc) is 2.34. The molecule has 0 amide bonds. The average molecular weight is 232 g/mol. The highest BCUT2D eigenvalue weighted by Crippen LogP contribution is 2.43. The molecule has 2 N–H and O–H groups in total. The third-order valence-electron chi connectivity index (χ3n) is 4.26. The van der Waals surface area contributed by atoms with Crippen LogP contribution in [0, 0.1) is 5.41 Å². The summed E-state index contributed by atoms with van der Waals surface area (Å²) in [7, 11) is 0. The lowest BCUT2D eigenvalue weighted by atomic mass is 9.66. The molecule has 2 nitrogen and oxygen atoms in total. The molecule has 1 fully saturated rings. The Kier molecular flexibility index (Phi) is 4.06. The summed E-state index contributed by atoms with van der Waals surface area (Å²) in [5.41, 5.74) is 7.71. The summed E-state index contributed by atoms with van der Waals surface area (Å²) in [4.78, 5) is 2.45. The fourth-order valence-electron chi connectivity index (χ4n) is 2.71. The fourth-order valence-corrected chi connectivity index (χ4v) is 2.71. The van der Waals surface area contributed by atoms with Crippen molar-refractivity contribution < 1.29 is 0 Å². The van der Waals surface area contributed by atoms with Crippen LogP contribution in [-0.2, 0) is 0 Å². The van der Waals surface area contributed by atoms with Crippen molar-refractivity contribution in [3.05, 3.63) is 30.3 Å². The molecule has 94 valence electrons. The van der Waals surface area contributed by atoms with Gasteiger partial charge in [-0.3, -0.25) is 0 Å². The number of benzene rings is 1. The Morgan fingerprint density at radius 1 is 1.24 bits per heavy atom. The van der Waals surface area contributed by atoms with Crippen molar-refractivity contribution in [3.63, 3.8) is 0 Å². The van der Waals surface area contributed by atoms with Crippen molar-refractivity contribution in [1.82, 2.24) is 0 Å². The number of para-hydroxylation sites is 1. The number of nitrogens with two attached hydrogens (primary N) is 1. The predicted molar refractivity (Wildman–Crippen MR) is 74.3 cm³/mol. The van der Waals surface area contributed by atoms with Crippen molar-refractivity contribution in [2.24, 2.45) is 11.1 Å². The van der Waals surface area contributed by atoms with Crippen LogP contribution in [0.5, 0.6) is 0 Å². The second-order valence-electron chi connectivity index (χ2n) is 5.22. The summed E-state index contributed by atoms with van der Waals surface area (Å²) in [6.45, 7) is 5.30. The van der Waals surface area contributed by atoms with Gasteiger partial charge in [-0.2, -0.15) is 0 Å². The zero-order valence-corrected chi connectivity index (χ0v) is 10.9. The Morgan fingerprint density at radius 2 is 1.94 bits per heavy atom. The van der Waals surface area contributed by atoms with E-state index in [9.17, 15) is 0 Å². The lowest BCUT2D eigenvalue weighted by Gasteiger charge is -2.42. The molecule has 0 bridgehead atoms. The van der Waals surface area contributed by atoms with E-state index in [1.54, 1.807) is 0 Å². The van der Waals surface area contributed by atoms with Crippen molar-refractivity contribution >= 4 is 5.69 Å². The maximum atomic E-state index is 5.92. The zero-order chi connectivity index (χ0) is 12.1. The Balaban J connectivity index is 1.92. The summed E-state index contributed by atoms with van der Waals surface area (Å²) in [5.74, 6) is 0. The van der Waals surface area contributed by atoms with Crippen LogP contribution < -0.4 is 10.6 Å². The van der Waals surface area contributed by atoms with Gasteiger partial charge in [0.05, 0.1) is 0 Å². The first-order valence-electron chi connectivity index (χ1n) is 6.80. The number of hydrogen-bond donors (Lipinski definition) is 1. The molecule has 1 aliphatic carbocycles. The SMILES string of the molecule is CCN(CCC1(CN)CCC1)c1ccccc1. The van der Waals surface area contributed by atoms with Crippen LogP contribution in [-0.4, -0.2) is 19.6 Å². The molecule has 0 aliphatic heterocycles. The van der Waals surface area contributed by atoms with E-state index in [4.69, 9.17) is 5.73 Å². The van der Waals surface area contributed by atoms with Gasteiger partial charge in [0.1, 0.15) is 0 Å². The van der Waals surface area contributed by atoms with E-state index in [0.29, 0.717) is 5.41 Å². The molecule has 0 spiro atoms. The van der Waals surface area contributed by atoms with Gasteiger partial charge in [-0.25, -0.2) is 0 Å². The normalized spacial score (nSPS) is 17.5. The molecule has 1 aromatic rings. The van der Waals surface area contributed by atoms with Crippen molar-refractivity contribution in [1.29, 1.82) is 0 Å². The molecular formula is C15H24N2. The Labute approximate surface area is 105 Å². The Hall–Kier alpha value is -1.02. The van der Waals surface area contributed by atoms with Gasteiger partial charge in [0, 0.05) is 18.8 Å². The molecule has 1 aliphatic rings. The molecule has 0 heterocycles. The first-order valence-corrected chi connectivity index (χ1v) is 6.80. The first-order chi connectivity index (χ1) is 8.29. The topological polar surface area (TPSA) is 29.3 Å². The maximum absolute atomic E-state index is 5.92. The summed E-state index contributed by atoms with van der Waals surface area (Å²) in [6, 6.07) is 10.7. The monoisotopic (exact) mass is 232 g/mol. The molecule has 1 saturated carbocycles. The third kappa shape index (κ3) is 2.81. The van der Waals surface area contributed by atoms with Gasteiger partial charge in [0.25, 0.3) is 0 Å². The van der Waals surface area contributed by atoms with Gasteiger partial charge >= 0.3 is 0 Å². The Morgan fingerprint density at radius 3 is 2.41 bits per heavy atom. The minimum atomic E-state index is 0.461. The summed E-state index contributed by atoms with van der Waals surface area (Å²) < 4.78 is 0. The summed E-state index contributed by atoms with van der Waals surface area (Å²) in [5, 5.41) is 0. The lowest BCUT2D eigenvalue weighted by Crippen LogP contribution is -2.40. The van der Waals surface area contributed by atoms with Crippen LogP contribution in [0.15, 0.2) is 30.3 Å². The van der Waals surface area contributed by atoms with Crippen LogP contribution >= 0.6 is 0 Å². The standard InChI is InChI=1S/C15H24N2/c1-2-17(14-7-4-3-5-8-14)12-11-15(13-16)9-6-10-15/h3-5,7-8H,2,6,9-13,16H2,1H3. The quantitative estimate of drug-likeness (QED) is 0.817.